The standard InChI is InChI=1S/C32H43N7O2/c1-22-28(35-20-26(31(40)41-32(2,3)4)10-9-23-7-5-15-33-19-23)36-21-37-30(22)39-17-13-24(14-18-39)27-12-11-25-8-6-16-34-29(25)38-27/h5,7,11-12,15,19,21,24,26H,6,8-10,13-14,16-18,20H2,1-4H3,(H,34,38)(H,35,36,37)/t26-/m0/s1. The number of esters is 1. The van der Waals surface area contributed by atoms with Gasteiger partial charge in [-0.25, -0.2) is 15.0 Å². The number of piperidine rings is 1. The molecule has 0 unspecified atom stereocenters. The van der Waals surface area contributed by atoms with E-state index in [-0.39, 0.29) is 11.9 Å². The minimum atomic E-state index is -0.543. The van der Waals surface area contributed by atoms with Gasteiger partial charge in [0.1, 0.15) is 29.4 Å². The fourth-order valence-corrected chi connectivity index (χ4v) is 5.69. The van der Waals surface area contributed by atoms with E-state index in [4.69, 9.17) is 9.72 Å². The fraction of sp³-hybridized carbons (Fsp3) is 0.531. The number of nitrogens with zero attached hydrogens (tertiary/aromatic N) is 5. The molecule has 3 aromatic rings. The molecule has 1 saturated heterocycles. The lowest BCUT2D eigenvalue weighted by Gasteiger charge is -2.34. The number of carbonyl (C=O) groups is 1. The summed E-state index contributed by atoms with van der Waals surface area (Å²) in [6, 6.07) is 8.43. The van der Waals surface area contributed by atoms with Crippen molar-refractivity contribution in [2.45, 2.75) is 77.7 Å². The highest BCUT2D eigenvalue weighted by molar-refractivity contribution is 5.74. The molecule has 0 saturated carbocycles. The maximum absolute atomic E-state index is 13.1. The molecule has 2 N–H and O–H groups in total. The van der Waals surface area contributed by atoms with Crippen LogP contribution >= 0.6 is 0 Å². The number of rotatable bonds is 9. The first-order chi connectivity index (χ1) is 19.8. The zero-order valence-corrected chi connectivity index (χ0v) is 24.8. The van der Waals surface area contributed by atoms with Crippen molar-refractivity contribution < 1.29 is 9.53 Å². The summed E-state index contributed by atoms with van der Waals surface area (Å²) in [6.45, 7) is 11.0. The van der Waals surface area contributed by atoms with Crippen molar-refractivity contribution in [3.8, 4) is 0 Å². The number of pyridine rings is 2. The molecule has 41 heavy (non-hydrogen) atoms. The Hall–Kier alpha value is -3.75. The maximum Gasteiger partial charge on any atom is 0.311 e. The third kappa shape index (κ3) is 7.51. The minimum Gasteiger partial charge on any atom is -0.460 e. The van der Waals surface area contributed by atoms with Crippen LogP contribution in [0.3, 0.4) is 0 Å². The third-order valence-corrected chi connectivity index (χ3v) is 7.95. The molecule has 3 aromatic heterocycles. The molecule has 0 radical (unpaired) electrons. The molecule has 5 rings (SSSR count). The van der Waals surface area contributed by atoms with Crippen LogP contribution in [0.2, 0.25) is 0 Å². The van der Waals surface area contributed by atoms with Crippen molar-refractivity contribution in [2.75, 3.05) is 41.7 Å². The van der Waals surface area contributed by atoms with E-state index < -0.39 is 5.60 Å². The van der Waals surface area contributed by atoms with Gasteiger partial charge in [-0.15, -0.1) is 0 Å². The first-order valence-electron chi connectivity index (χ1n) is 14.9. The zero-order valence-electron chi connectivity index (χ0n) is 24.8. The number of hydrogen-bond acceptors (Lipinski definition) is 9. The van der Waals surface area contributed by atoms with Gasteiger partial charge in [0.05, 0.1) is 5.92 Å². The quantitative estimate of drug-likeness (QED) is 0.338. The Morgan fingerprint density at radius 1 is 1.20 bits per heavy atom. The Morgan fingerprint density at radius 2 is 2.02 bits per heavy atom. The smallest absolute Gasteiger partial charge is 0.311 e. The Morgan fingerprint density at radius 3 is 2.78 bits per heavy atom. The molecule has 1 atom stereocenters. The summed E-state index contributed by atoms with van der Waals surface area (Å²) in [4.78, 5) is 33.8. The van der Waals surface area contributed by atoms with Crippen LogP contribution in [0.15, 0.2) is 43.0 Å². The number of nitrogens with one attached hydrogen (secondary N) is 2. The maximum atomic E-state index is 13.1. The largest absolute Gasteiger partial charge is 0.460 e. The number of aryl methyl sites for hydroxylation is 2. The van der Waals surface area contributed by atoms with Gasteiger partial charge in [0.2, 0.25) is 0 Å². The SMILES string of the molecule is Cc1c(NC[C@H](CCc2cccnc2)C(=O)OC(C)(C)C)ncnc1N1CCC(c2ccc3c(n2)NCCC3)CC1. The van der Waals surface area contributed by atoms with E-state index in [0.717, 1.165) is 73.9 Å². The lowest BCUT2D eigenvalue weighted by atomic mass is 9.92. The number of carbonyl (C=O) groups excluding carboxylic acids is 1. The minimum absolute atomic E-state index is 0.200. The lowest BCUT2D eigenvalue weighted by molar-refractivity contribution is -0.159. The average Bonchev–Trinajstić information content (AvgIpc) is 2.97. The average molecular weight is 558 g/mol. The first-order valence-corrected chi connectivity index (χ1v) is 14.9. The van der Waals surface area contributed by atoms with E-state index in [1.807, 2.05) is 39.1 Å². The highest BCUT2D eigenvalue weighted by atomic mass is 16.6. The van der Waals surface area contributed by atoms with Gasteiger partial charge in [-0.05, 0) is 89.5 Å². The summed E-state index contributed by atoms with van der Waals surface area (Å²) in [5.74, 6) is 2.72. The fourth-order valence-electron chi connectivity index (χ4n) is 5.69. The number of ether oxygens (including phenoxy) is 1. The molecule has 2 aliphatic heterocycles. The molecular weight excluding hydrogens is 514 g/mol. The highest BCUT2D eigenvalue weighted by Gasteiger charge is 2.27. The lowest BCUT2D eigenvalue weighted by Crippen LogP contribution is -2.35. The van der Waals surface area contributed by atoms with Gasteiger partial charge in [-0.3, -0.25) is 9.78 Å². The molecule has 0 bridgehead atoms. The van der Waals surface area contributed by atoms with Crippen LogP contribution in [0.5, 0.6) is 0 Å². The van der Waals surface area contributed by atoms with Crippen LogP contribution in [0, 0.1) is 12.8 Å². The topological polar surface area (TPSA) is 105 Å². The van der Waals surface area contributed by atoms with Gasteiger partial charge in [0, 0.05) is 55.7 Å². The van der Waals surface area contributed by atoms with Crippen molar-refractivity contribution in [1.29, 1.82) is 0 Å². The number of anilines is 3. The molecule has 9 nitrogen and oxygen atoms in total. The molecule has 0 aliphatic carbocycles. The summed E-state index contributed by atoms with van der Waals surface area (Å²) in [5, 5.41) is 6.91. The van der Waals surface area contributed by atoms with Crippen LogP contribution in [-0.4, -0.2) is 57.7 Å². The van der Waals surface area contributed by atoms with Crippen LogP contribution in [-0.2, 0) is 22.4 Å². The van der Waals surface area contributed by atoms with Crippen molar-refractivity contribution >= 4 is 23.4 Å². The van der Waals surface area contributed by atoms with E-state index in [9.17, 15) is 4.79 Å². The Balaban J connectivity index is 1.22. The van der Waals surface area contributed by atoms with Gasteiger partial charge in [-0.2, -0.15) is 0 Å². The van der Waals surface area contributed by atoms with Gasteiger partial charge in [0.15, 0.2) is 0 Å². The second-order valence-corrected chi connectivity index (χ2v) is 12.2. The number of fused-ring (bicyclic) bond motifs is 1. The predicted molar refractivity (Wildman–Crippen MR) is 162 cm³/mol. The van der Waals surface area contributed by atoms with E-state index in [0.29, 0.717) is 18.9 Å². The Kier molecular flexibility index (Phi) is 9.00. The van der Waals surface area contributed by atoms with E-state index in [1.54, 1.807) is 12.5 Å². The predicted octanol–water partition coefficient (Wildman–Crippen LogP) is 5.32. The van der Waals surface area contributed by atoms with E-state index >= 15 is 0 Å². The van der Waals surface area contributed by atoms with Crippen molar-refractivity contribution in [1.82, 2.24) is 19.9 Å². The van der Waals surface area contributed by atoms with Crippen molar-refractivity contribution in [2.24, 2.45) is 5.92 Å². The summed E-state index contributed by atoms with van der Waals surface area (Å²) in [5.41, 5.74) is 4.09. The first kappa shape index (κ1) is 28.8. The van der Waals surface area contributed by atoms with Crippen LogP contribution in [0.4, 0.5) is 17.5 Å². The molecule has 0 spiro atoms. The summed E-state index contributed by atoms with van der Waals surface area (Å²) in [6.07, 6.45) is 11.0. The van der Waals surface area contributed by atoms with Crippen LogP contribution < -0.4 is 15.5 Å². The third-order valence-electron chi connectivity index (χ3n) is 7.95. The van der Waals surface area contributed by atoms with E-state index in [1.165, 1.54) is 17.7 Å². The summed E-state index contributed by atoms with van der Waals surface area (Å²) >= 11 is 0. The van der Waals surface area contributed by atoms with Gasteiger partial charge in [-0.1, -0.05) is 12.1 Å². The van der Waals surface area contributed by atoms with Crippen molar-refractivity contribution in [3.05, 3.63) is 65.4 Å². The van der Waals surface area contributed by atoms with E-state index in [2.05, 4.69) is 49.5 Å². The molecule has 218 valence electrons. The summed E-state index contributed by atoms with van der Waals surface area (Å²) < 4.78 is 5.76. The second kappa shape index (κ2) is 12.8. The Labute approximate surface area is 243 Å². The molecule has 0 aromatic carbocycles. The molecule has 1 fully saturated rings. The molecular formula is C32H43N7O2. The number of aromatic nitrogens is 4. The van der Waals surface area contributed by atoms with Gasteiger partial charge < -0.3 is 20.3 Å². The van der Waals surface area contributed by atoms with Crippen LogP contribution in [0.25, 0.3) is 0 Å². The molecule has 5 heterocycles. The van der Waals surface area contributed by atoms with Crippen molar-refractivity contribution in [3.63, 3.8) is 0 Å². The van der Waals surface area contributed by atoms with Gasteiger partial charge >= 0.3 is 5.97 Å². The summed E-state index contributed by atoms with van der Waals surface area (Å²) in [7, 11) is 0. The second-order valence-electron chi connectivity index (χ2n) is 12.2. The monoisotopic (exact) mass is 557 g/mol. The molecule has 2 aliphatic rings. The molecule has 0 amide bonds. The molecule has 9 heteroatoms. The number of hydrogen-bond donors (Lipinski definition) is 2. The Bertz CT molecular complexity index is 1320. The van der Waals surface area contributed by atoms with Crippen LogP contribution in [0.1, 0.15) is 74.8 Å². The van der Waals surface area contributed by atoms with Gasteiger partial charge in [0.25, 0.3) is 0 Å². The highest BCUT2D eigenvalue weighted by Crippen LogP contribution is 2.33. The zero-order chi connectivity index (χ0) is 28.8. The normalized spacial score (nSPS) is 16.4.